The van der Waals surface area contributed by atoms with Gasteiger partial charge in [0, 0.05) is 5.92 Å². The minimum Gasteiger partial charge on any atom is -0.480 e. The number of hydrogen-bond donors (Lipinski definition) is 3. The van der Waals surface area contributed by atoms with Crippen LogP contribution in [0.3, 0.4) is 0 Å². The van der Waals surface area contributed by atoms with Crippen LogP contribution >= 0.6 is 0 Å². The third-order valence-electron chi connectivity index (χ3n) is 6.59. The highest BCUT2D eigenvalue weighted by molar-refractivity contribution is 5.91. The van der Waals surface area contributed by atoms with Crippen molar-refractivity contribution >= 4 is 18.0 Å². The minimum atomic E-state index is -1.38. The quantitative estimate of drug-likeness (QED) is 0.421. The van der Waals surface area contributed by atoms with Crippen LogP contribution in [-0.2, 0) is 14.3 Å². The predicted octanol–water partition coefficient (Wildman–Crippen LogP) is 4.62. The Morgan fingerprint density at radius 3 is 2.12 bits per heavy atom. The lowest BCUT2D eigenvalue weighted by Gasteiger charge is -2.30. The summed E-state index contributed by atoms with van der Waals surface area (Å²) in [7, 11) is 0. The van der Waals surface area contributed by atoms with Gasteiger partial charge < -0.3 is 20.5 Å². The fraction of sp³-hybridized carbons (Fsp3) is 0.370. The number of benzene rings is 2. The molecule has 1 aliphatic rings. The van der Waals surface area contributed by atoms with Crippen LogP contribution in [0, 0.1) is 0 Å². The summed E-state index contributed by atoms with van der Waals surface area (Å²) in [5.41, 5.74) is 3.05. The molecule has 0 aliphatic heterocycles. The van der Waals surface area contributed by atoms with Crippen molar-refractivity contribution < 1.29 is 24.2 Å². The van der Waals surface area contributed by atoms with Gasteiger partial charge in [-0.2, -0.15) is 0 Å². The van der Waals surface area contributed by atoms with Crippen LogP contribution in [0.2, 0.25) is 0 Å². The SMILES string of the molecule is C=CCCC(NC(=O)OCC1c2ccccc2-c2ccccc21)C(=O)NC(CC)(CC)C(=O)O. The van der Waals surface area contributed by atoms with Gasteiger partial charge in [-0.05, 0) is 47.9 Å². The summed E-state index contributed by atoms with van der Waals surface area (Å²) >= 11 is 0. The van der Waals surface area contributed by atoms with Crippen molar-refractivity contribution in [2.24, 2.45) is 0 Å². The molecular weight excluding hydrogens is 432 g/mol. The van der Waals surface area contributed by atoms with Crippen molar-refractivity contribution in [3.8, 4) is 11.1 Å². The summed E-state index contributed by atoms with van der Waals surface area (Å²) in [4.78, 5) is 37.4. The molecule has 2 aromatic rings. The van der Waals surface area contributed by atoms with Crippen molar-refractivity contribution in [3.05, 3.63) is 72.3 Å². The molecule has 2 amide bonds. The Bertz CT molecular complexity index is 1010. The highest BCUT2D eigenvalue weighted by atomic mass is 16.5. The minimum absolute atomic E-state index is 0.0987. The summed E-state index contributed by atoms with van der Waals surface area (Å²) in [6.07, 6.45) is 2.12. The largest absolute Gasteiger partial charge is 0.480 e. The van der Waals surface area contributed by atoms with Crippen LogP contribution in [0.1, 0.15) is 56.6 Å². The number of nitrogens with one attached hydrogen (secondary N) is 2. The first-order valence-electron chi connectivity index (χ1n) is 11.6. The van der Waals surface area contributed by atoms with Crippen molar-refractivity contribution in [2.45, 2.75) is 57.0 Å². The zero-order valence-corrected chi connectivity index (χ0v) is 19.7. The third-order valence-corrected chi connectivity index (χ3v) is 6.59. The lowest BCUT2D eigenvalue weighted by Crippen LogP contribution is -2.58. The molecule has 0 saturated heterocycles. The number of amides is 2. The molecule has 0 bridgehead atoms. The number of rotatable bonds is 11. The van der Waals surface area contributed by atoms with Crippen LogP contribution in [0.5, 0.6) is 0 Å². The maximum absolute atomic E-state index is 12.9. The zero-order chi connectivity index (χ0) is 24.7. The molecule has 0 saturated carbocycles. The molecule has 1 aliphatic carbocycles. The molecule has 1 unspecified atom stereocenters. The van der Waals surface area contributed by atoms with Gasteiger partial charge in [0.15, 0.2) is 0 Å². The number of ether oxygens (including phenoxy) is 1. The normalized spacial score (nSPS) is 13.4. The van der Waals surface area contributed by atoms with E-state index in [0.717, 1.165) is 22.3 Å². The molecule has 7 heteroatoms. The maximum Gasteiger partial charge on any atom is 0.407 e. The lowest BCUT2D eigenvalue weighted by atomic mass is 9.92. The Kier molecular flexibility index (Phi) is 8.10. The second-order valence-corrected chi connectivity index (χ2v) is 8.47. The second-order valence-electron chi connectivity index (χ2n) is 8.47. The van der Waals surface area contributed by atoms with Gasteiger partial charge in [0.2, 0.25) is 5.91 Å². The van der Waals surface area contributed by atoms with Gasteiger partial charge in [-0.15, -0.1) is 6.58 Å². The molecule has 7 nitrogen and oxygen atoms in total. The number of fused-ring (bicyclic) bond motifs is 3. The van der Waals surface area contributed by atoms with Gasteiger partial charge in [0.25, 0.3) is 0 Å². The number of hydrogen-bond acceptors (Lipinski definition) is 4. The average Bonchev–Trinajstić information content (AvgIpc) is 3.17. The summed E-state index contributed by atoms with van der Waals surface area (Å²) in [6.45, 7) is 7.20. The molecule has 180 valence electrons. The van der Waals surface area contributed by atoms with Gasteiger partial charge in [-0.3, -0.25) is 4.79 Å². The van der Waals surface area contributed by atoms with E-state index in [9.17, 15) is 19.5 Å². The van der Waals surface area contributed by atoms with Crippen LogP contribution in [-0.4, -0.2) is 41.3 Å². The number of allylic oxidation sites excluding steroid dienone is 1. The molecule has 1 atom stereocenters. The maximum atomic E-state index is 12.9. The molecule has 2 aromatic carbocycles. The summed E-state index contributed by atoms with van der Waals surface area (Å²) in [5, 5.41) is 14.9. The average molecular weight is 465 g/mol. The first kappa shape index (κ1) is 25.0. The molecule has 0 heterocycles. The van der Waals surface area contributed by atoms with Crippen LogP contribution in [0.25, 0.3) is 11.1 Å². The highest BCUT2D eigenvalue weighted by Gasteiger charge is 2.38. The fourth-order valence-corrected chi connectivity index (χ4v) is 4.44. The zero-order valence-electron chi connectivity index (χ0n) is 19.7. The topological polar surface area (TPSA) is 105 Å². The molecule has 0 aromatic heterocycles. The summed E-state index contributed by atoms with van der Waals surface area (Å²) < 4.78 is 5.56. The number of carbonyl (C=O) groups excluding carboxylic acids is 2. The number of carbonyl (C=O) groups is 3. The van der Waals surface area contributed by atoms with Gasteiger partial charge in [0.05, 0.1) is 0 Å². The van der Waals surface area contributed by atoms with Crippen LogP contribution < -0.4 is 10.6 Å². The Balaban J connectivity index is 1.69. The number of carboxylic acid groups (broad SMARTS) is 1. The molecule has 0 radical (unpaired) electrons. The van der Waals surface area contributed by atoms with E-state index in [4.69, 9.17) is 4.74 Å². The Hall–Kier alpha value is -3.61. The third kappa shape index (κ3) is 5.14. The Morgan fingerprint density at radius 1 is 1.06 bits per heavy atom. The van der Waals surface area contributed by atoms with E-state index in [1.54, 1.807) is 19.9 Å². The Labute approximate surface area is 200 Å². The van der Waals surface area contributed by atoms with E-state index >= 15 is 0 Å². The Morgan fingerprint density at radius 2 is 1.62 bits per heavy atom. The van der Waals surface area contributed by atoms with E-state index in [1.165, 1.54) is 0 Å². The van der Waals surface area contributed by atoms with E-state index in [-0.39, 0.29) is 31.8 Å². The van der Waals surface area contributed by atoms with E-state index in [2.05, 4.69) is 29.3 Å². The van der Waals surface area contributed by atoms with Crippen molar-refractivity contribution in [1.29, 1.82) is 0 Å². The summed E-state index contributed by atoms with van der Waals surface area (Å²) in [5.74, 6) is -1.76. The monoisotopic (exact) mass is 464 g/mol. The number of carboxylic acids is 1. The molecular formula is C27H32N2O5. The number of alkyl carbamates (subject to hydrolysis) is 1. The standard InChI is InChI=1S/C27H32N2O5/c1-4-7-16-23(24(30)29-27(5-2,6-3)25(31)32)28-26(33)34-17-22-20-14-10-8-12-18(20)19-13-9-11-15-21(19)22/h4,8-15,22-23H,1,5-7,16-17H2,2-3H3,(H,28,33)(H,29,30)(H,31,32). The second kappa shape index (κ2) is 11.0. The van der Waals surface area contributed by atoms with E-state index in [0.29, 0.717) is 6.42 Å². The van der Waals surface area contributed by atoms with Gasteiger partial charge in [-0.25, -0.2) is 9.59 Å². The van der Waals surface area contributed by atoms with Gasteiger partial charge in [0.1, 0.15) is 18.2 Å². The first-order chi connectivity index (χ1) is 16.4. The molecule has 3 rings (SSSR count). The predicted molar refractivity (Wildman–Crippen MR) is 131 cm³/mol. The van der Waals surface area contributed by atoms with E-state index < -0.39 is 29.6 Å². The molecule has 0 fully saturated rings. The van der Waals surface area contributed by atoms with Crippen LogP contribution in [0.15, 0.2) is 61.2 Å². The van der Waals surface area contributed by atoms with E-state index in [1.807, 2.05) is 36.4 Å². The van der Waals surface area contributed by atoms with Crippen molar-refractivity contribution in [3.63, 3.8) is 0 Å². The molecule has 34 heavy (non-hydrogen) atoms. The molecule has 0 spiro atoms. The smallest absolute Gasteiger partial charge is 0.407 e. The molecule has 3 N–H and O–H groups in total. The first-order valence-corrected chi connectivity index (χ1v) is 11.6. The van der Waals surface area contributed by atoms with Gasteiger partial charge in [-0.1, -0.05) is 68.5 Å². The van der Waals surface area contributed by atoms with Crippen LogP contribution in [0.4, 0.5) is 4.79 Å². The van der Waals surface area contributed by atoms with Crippen molar-refractivity contribution in [2.75, 3.05) is 6.61 Å². The summed E-state index contributed by atoms with van der Waals surface area (Å²) in [6, 6.07) is 15.1. The van der Waals surface area contributed by atoms with Gasteiger partial charge >= 0.3 is 12.1 Å². The van der Waals surface area contributed by atoms with Crippen molar-refractivity contribution in [1.82, 2.24) is 10.6 Å². The number of aliphatic carboxylic acids is 1. The lowest BCUT2D eigenvalue weighted by molar-refractivity contribution is -0.148. The fourth-order valence-electron chi connectivity index (χ4n) is 4.44. The highest BCUT2D eigenvalue weighted by Crippen LogP contribution is 2.44.